The van der Waals surface area contributed by atoms with Gasteiger partial charge in [0.1, 0.15) is 0 Å². The van der Waals surface area contributed by atoms with Crippen molar-refractivity contribution >= 4 is 5.97 Å². The molecule has 0 radical (unpaired) electrons. The highest BCUT2D eigenvalue weighted by Crippen LogP contribution is 2.07. The van der Waals surface area contributed by atoms with Crippen molar-refractivity contribution in [2.24, 2.45) is 0 Å². The number of hydrogen-bond donors (Lipinski definition) is 0. The standard InChI is InChI=1S/C13H12N4O2/c1-19-13(18)6-12-8-15-16-17(12)9-11-4-2-10(7-14)3-5-11/h2-5,8H,6,9H2,1H3. The van der Waals surface area contributed by atoms with Crippen LogP contribution in [0, 0.1) is 11.3 Å². The van der Waals surface area contributed by atoms with Crippen LogP contribution < -0.4 is 0 Å². The van der Waals surface area contributed by atoms with Crippen LogP contribution in [0.5, 0.6) is 0 Å². The van der Waals surface area contributed by atoms with Crippen LogP contribution in [0.3, 0.4) is 0 Å². The van der Waals surface area contributed by atoms with Gasteiger partial charge < -0.3 is 4.74 Å². The largest absolute Gasteiger partial charge is 0.469 e. The van der Waals surface area contributed by atoms with Gasteiger partial charge >= 0.3 is 5.97 Å². The van der Waals surface area contributed by atoms with E-state index >= 15 is 0 Å². The molecule has 0 N–H and O–H groups in total. The van der Waals surface area contributed by atoms with Crippen LogP contribution in [0.2, 0.25) is 0 Å². The zero-order chi connectivity index (χ0) is 13.7. The van der Waals surface area contributed by atoms with E-state index in [2.05, 4.69) is 21.1 Å². The summed E-state index contributed by atoms with van der Waals surface area (Å²) in [5.41, 5.74) is 2.28. The van der Waals surface area contributed by atoms with Gasteiger partial charge in [-0.15, -0.1) is 5.10 Å². The predicted octanol–water partition coefficient (Wildman–Crippen LogP) is 0.914. The Labute approximate surface area is 110 Å². The van der Waals surface area contributed by atoms with Gasteiger partial charge in [0.15, 0.2) is 0 Å². The molecule has 1 aromatic heterocycles. The van der Waals surface area contributed by atoms with Crippen molar-refractivity contribution in [3.63, 3.8) is 0 Å². The van der Waals surface area contributed by atoms with Crippen LogP contribution in [0.1, 0.15) is 16.8 Å². The molecule has 0 aliphatic rings. The first-order valence-electron chi connectivity index (χ1n) is 5.66. The molecule has 0 saturated carbocycles. The number of nitrogens with zero attached hydrogens (tertiary/aromatic N) is 4. The van der Waals surface area contributed by atoms with Crippen molar-refractivity contribution < 1.29 is 9.53 Å². The average Bonchev–Trinajstić information content (AvgIpc) is 2.86. The van der Waals surface area contributed by atoms with E-state index in [4.69, 9.17) is 5.26 Å². The van der Waals surface area contributed by atoms with Crippen molar-refractivity contribution in [3.05, 3.63) is 47.3 Å². The molecule has 0 bridgehead atoms. The number of esters is 1. The lowest BCUT2D eigenvalue weighted by atomic mass is 10.1. The van der Waals surface area contributed by atoms with Crippen molar-refractivity contribution in [1.29, 1.82) is 5.26 Å². The summed E-state index contributed by atoms with van der Waals surface area (Å²) in [6, 6.07) is 9.25. The number of benzene rings is 1. The zero-order valence-electron chi connectivity index (χ0n) is 10.4. The van der Waals surface area contributed by atoms with E-state index in [1.807, 2.05) is 12.1 Å². The Morgan fingerprint density at radius 2 is 2.16 bits per heavy atom. The molecule has 2 rings (SSSR count). The van der Waals surface area contributed by atoms with Crippen molar-refractivity contribution in [2.45, 2.75) is 13.0 Å². The fourth-order valence-electron chi connectivity index (χ4n) is 1.63. The monoisotopic (exact) mass is 256 g/mol. The van der Waals surface area contributed by atoms with E-state index in [1.165, 1.54) is 7.11 Å². The smallest absolute Gasteiger partial charge is 0.311 e. The Balaban J connectivity index is 2.12. The van der Waals surface area contributed by atoms with Crippen molar-refractivity contribution in [1.82, 2.24) is 15.0 Å². The first-order valence-corrected chi connectivity index (χ1v) is 5.66. The molecule has 0 atom stereocenters. The number of nitriles is 1. The summed E-state index contributed by atoms with van der Waals surface area (Å²) in [6.45, 7) is 0.498. The molecule has 2 aromatic rings. The summed E-state index contributed by atoms with van der Waals surface area (Å²) in [5.74, 6) is -0.330. The molecule has 0 aliphatic heterocycles. The molecule has 19 heavy (non-hydrogen) atoms. The number of ether oxygens (including phenoxy) is 1. The Kier molecular flexibility index (Phi) is 3.88. The molecule has 0 amide bonds. The second kappa shape index (κ2) is 5.78. The van der Waals surface area contributed by atoms with E-state index in [-0.39, 0.29) is 12.4 Å². The molecular weight excluding hydrogens is 244 g/mol. The highest BCUT2D eigenvalue weighted by atomic mass is 16.5. The zero-order valence-corrected chi connectivity index (χ0v) is 10.4. The van der Waals surface area contributed by atoms with Crippen LogP contribution in [-0.4, -0.2) is 28.1 Å². The fraction of sp³-hybridized carbons (Fsp3) is 0.231. The minimum atomic E-state index is -0.330. The second-order valence-corrected chi connectivity index (χ2v) is 3.94. The van der Waals surface area contributed by atoms with Gasteiger partial charge in [-0.05, 0) is 17.7 Å². The summed E-state index contributed by atoms with van der Waals surface area (Å²) in [7, 11) is 1.34. The quantitative estimate of drug-likeness (QED) is 0.759. The van der Waals surface area contributed by atoms with E-state index < -0.39 is 0 Å². The summed E-state index contributed by atoms with van der Waals surface area (Å²) in [4.78, 5) is 11.2. The van der Waals surface area contributed by atoms with Gasteiger partial charge in [0.25, 0.3) is 0 Å². The minimum Gasteiger partial charge on any atom is -0.469 e. The van der Waals surface area contributed by atoms with Crippen molar-refractivity contribution in [2.75, 3.05) is 7.11 Å². The lowest BCUT2D eigenvalue weighted by Crippen LogP contribution is -2.12. The molecule has 0 spiro atoms. The van der Waals surface area contributed by atoms with E-state index in [9.17, 15) is 4.79 Å². The third-order valence-electron chi connectivity index (χ3n) is 2.67. The number of methoxy groups -OCH3 is 1. The maximum absolute atomic E-state index is 11.2. The lowest BCUT2D eigenvalue weighted by Gasteiger charge is -2.05. The summed E-state index contributed by atoms with van der Waals surface area (Å²) >= 11 is 0. The third-order valence-corrected chi connectivity index (χ3v) is 2.67. The van der Waals surface area contributed by atoms with Crippen LogP contribution in [-0.2, 0) is 22.5 Å². The Morgan fingerprint density at radius 3 is 2.79 bits per heavy atom. The Hall–Kier alpha value is -2.68. The normalized spacial score (nSPS) is 9.89. The highest BCUT2D eigenvalue weighted by Gasteiger charge is 2.10. The molecule has 1 heterocycles. The first kappa shape index (κ1) is 12.8. The summed E-state index contributed by atoms with van der Waals surface area (Å²) in [6.07, 6.45) is 1.68. The fourth-order valence-corrected chi connectivity index (χ4v) is 1.63. The van der Waals surface area contributed by atoms with Crippen LogP contribution in [0.25, 0.3) is 0 Å². The maximum Gasteiger partial charge on any atom is 0.311 e. The topological polar surface area (TPSA) is 80.8 Å². The van der Waals surface area contributed by atoms with Crippen LogP contribution in [0.4, 0.5) is 0 Å². The van der Waals surface area contributed by atoms with E-state index in [0.29, 0.717) is 17.8 Å². The molecular formula is C13H12N4O2. The summed E-state index contributed by atoms with van der Waals surface area (Å²) < 4.78 is 6.25. The molecule has 0 saturated heterocycles. The molecule has 0 unspecified atom stereocenters. The SMILES string of the molecule is COC(=O)Cc1cnnn1Cc1ccc(C#N)cc1. The lowest BCUT2D eigenvalue weighted by molar-refractivity contribution is -0.139. The number of hydrogen-bond acceptors (Lipinski definition) is 5. The van der Waals surface area contributed by atoms with E-state index in [0.717, 1.165) is 5.56 Å². The van der Waals surface area contributed by atoms with Gasteiger partial charge in [-0.1, -0.05) is 17.3 Å². The molecule has 96 valence electrons. The molecule has 6 heteroatoms. The van der Waals surface area contributed by atoms with Crippen LogP contribution in [0.15, 0.2) is 30.5 Å². The third kappa shape index (κ3) is 3.16. The molecule has 0 fully saturated rings. The number of carbonyl (C=O) groups is 1. The van der Waals surface area contributed by atoms with E-state index in [1.54, 1.807) is 23.0 Å². The number of rotatable bonds is 4. The Morgan fingerprint density at radius 1 is 1.42 bits per heavy atom. The van der Waals surface area contributed by atoms with Gasteiger partial charge in [-0.3, -0.25) is 4.79 Å². The maximum atomic E-state index is 11.2. The van der Waals surface area contributed by atoms with Gasteiger partial charge in [0.2, 0.25) is 0 Å². The van der Waals surface area contributed by atoms with Gasteiger partial charge in [-0.2, -0.15) is 5.26 Å². The number of aromatic nitrogens is 3. The molecule has 1 aromatic carbocycles. The van der Waals surface area contributed by atoms with Crippen LogP contribution >= 0.6 is 0 Å². The van der Waals surface area contributed by atoms with Gasteiger partial charge in [-0.25, -0.2) is 4.68 Å². The predicted molar refractivity (Wildman–Crippen MR) is 66.0 cm³/mol. The highest BCUT2D eigenvalue weighted by molar-refractivity contribution is 5.71. The second-order valence-electron chi connectivity index (χ2n) is 3.94. The van der Waals surface area contributed by atoms with Gasteiger partial charge in [0, 0.05) is 0 Å². The molecule has 6 nitrogen and oxygen atoms in total. The average molecular weight is 256 g/mol. The minimum absolute atomic E-state index is 0.139. The van der Waals surface area contributed by atoms with Gasteiger partial charge in [0.05, 0.1) is 43.6 Å². The van der Waals surface area contributed by atoms with Crippen molar-refractivity contribution in [3.8, 4) is 6.07 Å². The Bertz CT molecular complexity index is 610. The first-order chi connectivity index (χ1) is 9.22. The number of carbonyl (C=O) groups excluding carboxylic acids is 1. The molecule has 0 aliphatic carbocycles. The summed E-state index contributed by atoms with van der Waals surface area (Å²) in [5, 5.41) is 16.5.